The van der Waals surface area contributed by atoms with E-state index in [0.29, 0.717) is 55.3 Å². The lowest BCUT2D eigenvalue weighted by Crippen LogP contribution is -2.41. The number of nitrogens with one attached hydrogen (secondary N) is 1. The summed E-state index contributed by atoms with van der Waals surface area (Å²) < 4.78 is 6.04. The Labute approximate surface area is 205 Å². The van der Waals surface area contributed by atoms with Gasteiger partial charge in [0.15, 0.2) is 0 Å². The molecule has 2 aliphatic rings. The van der Waals surface area contributed by atoms with E-state index < -0.39 is 0 Å². The minimum Gasteiger partial charge on any atom is -0.473 e. The highest BCUT2D eigenvalue weighted by Gasteiger charge is 2.24. The molecule has 1 amide bonds. The first-order valence-corrected chi connectivity index (χ1v) is 12.2. The molecule has 2 saturated heterocycles. The quantitative estimate of drug-likeness (QED) is 0.551. The van der Waals surface area contributed by atoms with Crippen LogP contribution in [0.25, 0.3) is 0 Å². The number of halogens is 1. The molecule has 1 aromatic carbocycles. The van der Waals surface area contributed by atoms with Gasteiger partial charge in [0.2, 0.25) is 17.7 Å². The van der Waals surface area contributed by atoms with Crippen molar-refractivity contribution in [2.45, 2.75) is 38.3 Å². The van der Waals surface area contributed by atoms with Crippen LogP contribution in [0, 0.1) is 5.92 Å². The average Bonchev–Trinajstić information content (AvgIpc) is 2.87. The van der Waals surface area contributed by atoms with E-state index in [1.54, 1.807) is 4.90 Å². The number of anilines is 2. The Kier molecular flexibility index (Phi) is 8.37. The fraction of sp³-hybridized carbons (Fsp3) is 0.480. The van der Waals surface area contributed by atoms with Crippen molar-refractivity contribution in [1.82, 2.24) is 19.8 Å². The zero-order chi connectivity index (χ0) is 23.9. The largest absolute Gasteiger partial charge is 0.473 e. The molecule has 3 heterocycles. The van der Waals surface area contributed by atoms with Crippen LogP contribution in [0.1, 0.15) is 31.2 Å². The Morgan fingerprint density at radius 2 is 1.88 bits per heavy atom. The number of hydrogen-bond acceptors (Lipinski definition) is 7. The van der Waals surface area contributed by atoms with Crippen LogP contribution in [0.5, 0.6) is 5.88 Å². The van der Waals surface area contributed by atoms with E-state index in [-0.39, 0.29) is 12.0 Å². The standard InChI is InChI=1S/C25H32ClN5O3/c1-2-23(33)31-13-9-21(10-14-31)34-24-22(26)15-27-25(29-24)28-20-5-3-18(4-6-20)16-30-11-7-19(17-32)8-12-30/h2-6,15,19,21,32H,1,7-14,16-17H2,(H,27,28,29). The minimum atomic E-state index is -0.0594. The molecule has 34 heavy (non-hydrogen) atoms. The summed E-state index contributed by atoms with van der Waals surface area (Å²) in [5.74, 6) is 1.15. The number of hydrogen-bond donors (Lipinski definition) is 2. The second kappa shape index (κ2) is 11.6. The number of carbonyl (C=O) groups excluding carboxylic acids is 1. The maximum Gasteiger partial charge on any atom is 0.245 e. The van der Waals surface area contributed by atoms with Crippen LogP contribution in [0.15, 0.2) is 43.1 Å². The lowest BCUT2D eigenvalue weighted by molar-refractivity contribution is -0.127. The molecule has 0 spiro atoms. The van der Waals surface area contributed by atoms with Gasteiger partial charge in [-0.25, -0.2) is 4.98 Å². The maximum atomic E-state index is 11.8. The Morgan fingerprint density at radius 1 is 1.18 bits per heavy atom. The summed E-state index contributed by atoms with van der Waals surface area (Å²) in [6.07, 6.45) is 6.35. The van der Waals surface area contributed by atoms with E-state index in [2.05, 4.69) is 38.9 Å². The van der Waals surface area contributed by atoms with Gasteiger partial charge in [-0.2, -0.15) is 4.98 Å². The van der Waals surface area contributed by atoms with Crippen molar-refractivity contribution in [3.05, 3.63) is 53.7 Å². The van der Waals surface area contributed by atoms with Crippen molar-refractivity contribution in [3.63, 3.8) is 0 Å². The molecular weight excluding hydrogens is 454 g/mol. The Hall–Kier alpha value is -2.68. The molecular formula is C25H32ClN5O3. The molecule has 2 aromatic rings. The number of benzene rings is 1. The van der Waals surface area contributed by atoms with Gasteiger partial charge in [-0.3, -0.25) is 9.69 Å². The van der Waals surface area contributed by atoms with Crippen LogP contribution in [0.3, 0.4) is 0 Å². The molecule has 2 fully saturated rings. The number of rotatable bonds is 8. The molecule has 4 rings (SSSR count). The predicted octanol–water partition coefficient (Wildman–Crippen LogP) is 3.63. The van der Waals surface area contributed by atoms with E-state index >= 15 is 0 Å². The molecule has 0 radical (unpaired) electrons. The van der Waals surface area contributed by atoms with Crippen LogP contribution in [-0.2, 0) is 11.3 Å². The zero-order valence-corrected chi connectivity index (χ0v) is 20.1. The zero-order valence-electron chi connectivity index (χ0n) is 19.3. The molecule has 0 aliphatic carbocycles. The Morgan fingerprint density at radius 3 is 2.53 bits per heavy atom. The number of likely N-dealkylation sites (tertiary alicyclic amines) is 2. The van der Waals surface area contributed by atoms with E-state index in [0.717, 1.165) is 38.2 Å². The molecule has 0 bridgehead atoms. The molecule has 2 N–H and O–H groups in total. The summed E-state index contributed by atoms with van der Waals surface area (Å²) >= 11 is 6.28. The van der Waals surface area contributed by atoms with Gasteiger partial charge in [0.25, 0.3) is 0 Å². The summed E-state index contributed by atoms with van der Waals surface area (Å²) in [7, 11) is 0. The third-order valence-corrected chi connectivity index (χ3v) is 6.76. The number of amides is 1. The van der Waals surface area contributed by atoms with E-state index in [1.807, 2.05) is 12.1 Å². The van der Waals surface area contributed by atoms with Gasteiger partial charge >= 0.3 is 0 Å². The molecule has 9 heteroatoms. The molecule has 2 aliphatic heterocycles. The first-order valence-electron chi connectivity index (χ1n) is 11.8. The van der Waals surface area contributed by atoms with Crippen LogP contribution in [-0.4, -0.2) is 69.7 Å². The van der Waals surface area contributed by atoms with Gasteiger partial charge in [-0.1, -0.05) is 30.3 Å². The summed E-state index contributed by atoms with van der Waals surface area (Å²) in [5.41, 5.74) is 2.13. The SMILES string of the molecule is C=CC(=O)N1CCC(Oc2nc(Nc3ccc(CN4CCC(CO)CC4)cc3)ncc2Cl)CC1. The Bertz CT molecular complexity index is 971. The van der Waals surface area contributed by atoms with E-state index in [1.165, 1.54) is 17.8 Å². The molecule has 182 valence electrons. The molecule has 0 atom stereocenters. The van der Waals surface area contributed by atoms with Crippen LogP contribution >= 0.6 is 11.6 Å². The highest BCUT2D eigenvalue weighted by molar-refractivity contribution is 6.31. The molecule has 0 saturated carbocycles. The number of aromatic nitrogens is 2. The highest BCUT2D eigenvalue weighted by atomic mass is 35.5. The van der Waals surface area contributed by atoms with Crippen molar-refractivity contribution >= 4 is 29.1 Å². The number of aliphatic hydroxyl groups is 1. The monoisotopic (exact) mass is 485 g/mol. The summed E-state index contributed by atoms with van der Waals surface area (Å²) in [6.45, 7) is 8.03. The average molecular weight is 486 g/mol. The maximum absolute atomic E-state index is 11.8. The molecule has 1 aromatic heterocycles. The highest BCUT2D eigenvalue weighted by Crippen LogP contribution is 2.27. The summed E-state index contributed by atoms with van der Waals surface area (Å²) in [4.78, 5) is 24.7. The second-order valence-corrected chi connectivity index (χ2v) is 9.32. The topological polar surface area (TPSA) is 90.8 Å². The van der Waals surface area contributed by atoms with Crippen molar-refractivity contribution in [2.75, 3.05) is 38.1 Å². The van der Waals surface area contributed by atoms with Crippen LogP contribution in [0.4, 0.5) is 11.6 Å². The molecule has 8 nitrogen and oxygen atoms in total. The fourth-order valence-electron chi connectivity index (χ4n) is 4.38. The number of aliphatic hydroxyl groups excluding tert-OH is 1. The van der Waals surface area contributed by atoms with Gasteiger partial charge in [-0.15, -0.1) is 0 Å². The smallest absolute Gasteiger partial charge is 0.245 e. The third-order valence-electron chi connectivity index (χ3n) is 6.50. The summed E-state index contributed by atoms with van der Waals surface area (Å²) in [5, 5.41) is 12.9. The van der Waals surface area contributed by atoms with Gasteiger partial charge in [0, 0.05) is 44.8 Å². The van der Waals surface area contributed by atoms with Gasteiger partial charge in [0.1, 0.15) is 11.1 Å². The van der Waals surface area contributed by atoms with Gasteiger partial charge in [-0.05, 0) is 55.6 Å². The minimum absolute atomic E-state index is 0.0534. The summed E-state index contributed by atoms with van der Waals surface area (Å²) in [6, 6.07) is 8.24. The fourth-order valence-corrected chi connectivity index (χ4v) is 4.52. The second-order valence-electron chi connectivity index (χ2n) is 8.92. The van der Waals surface area contributed by atoms with Crippen molar-refractivity contribution in [2.24, 2.45) is 5.92 Å². The van der Waals surface area contributed by atoms with Crippen molar-refractivity contribution in [3.8, 4) is 5.88 Å². The van der Waals surface area contributed by atoms with Crippen molar-refractivity contribution in [1.29, 1.82) is 0 Å². The van der Waals surface area contributed by atoms with Crippen LogP contribution in [0.2, 0.25) is 5.02 Å². The lowest BCUT2D eigenvalue weighted by Gasteiger charge is -2.31. The Balaban J connectivity index is 1.31. The first-order chi connectivity index (χ1) is 16.5. The normalized spacial score (nSPS) is 18.0. The number of nitrogens with zero attached hydrogens (tertiary/aromatic N) is 4. The van der Waals surface area contributed by atoms with E-state index in [9.17, 15) is 9.90 Å². The molecule has 0 unspecified atom stereocenters. The van der Waals surface area contributed by atoms with Gasteiger partial charge in [0.05, 0.1) is 6.20 Å². The number of ether oxygens (including phenoxy) is 1. The van der Waals surface area contributed by atoms with Gasteiger partial charge < -0.3 is 20.1 Å². The first kappa shape index (κ1) is 24.4. The van der Waals surface area contributed by atoms with E-state index in [4.69, 9.17) is 16.3 Å². The number of piperidine rings is 2. The van der Waals surface area contributed by atoms with Crippen LogP contribution < -0.4 is 10.1 Å². The predicted molar refractivity (Wildman–Crippen MR) is 132 cm³/mol. The number of carbonyl (C=O) groups is 1. The van der Waals surface area contributed by atoms with Crippen molar-refractivity contribution < 1.29 is 14.6 Å². The third kappa shape index (κ3) is 6.46. The lowest BCUT2D eigenvalue weighted by atomic mass is 9.97.